The molecule has 0 atom stereocenters. The van der Waals surface area contributed by atoms with E-state index in [0.717, 1.165) is 0 Å². The highest BCUT2D eigenvalue weighted by Gasteiger charge is 2.14. The first-order valence-electron chi connectivity index (χ1n) is 5.57. The van der Waals surface area contributed by atoms with Crippen LogP contribution < -0.4 is 4.74 Å². The Kier molecular flexibility index (Phi) is 4.35. The number of benzene rings is 1. The Labute approximate surface area is 115 Å². The molecule has 0 spiro atoms. The van der Waals surface area contributed by atoms with Gasteiger partial charge in [-0.25, -0.2) is 0 Å². The SMILES string of the molecule is C=CCSc1nnc(-c2ccccc2OC)c(O)n1. The van der Waals surface area contributed by atoms with Gasteiger partial charge in [-0.15, -0.1) is 16.8 Å². The summed E-state index contributed by atoms with van der Waals surface area (Å²) in [5, 5.41) is 18.3. The van der Waals surface area contributed by atoms with Crippen LogP contribution in [-0.2, 0) is 0 Å². The summed E-state index contributed by atoms with van der Waals surface area (Å²) < 4.78 is 5.22. The second-order valence-corrected chi connectivity index (χ2v) is 4.55. The van der Waals surface area contributed by atoms with Crippen molar-refractivity contribution in [2.45, 2.75) is 5.16 Å². The van der Waals surface area contributed by atoms with Gasteiger partial charge in [0.1, 0.15) is 5.75 Å². The van der Waals surface area contributed by atoms with E-state index in [4.69, 9.17) is 4.74 Å². The molecule has 1 heterocycles. The Morgan fingerprint density at radius 3 is 2.84 bits per heavy atom. The number of nitrogens with zero attached hydrogens (tertiary/aromatic N) is 3. The summed E-state index contributed by atoms with van der Waals surface area (Å²) in [6, 6.07) is 7.26. The van der Waals surface area contributed by atoms with E-state index >= 15 is 0 Å². The third kappa shape index (κ3) is 3.03. The molecule has 98 valence electrons. The molecule has 19 heavy (non-hydrogen) atoms. The quantitative estimate of drug-likeness (QED) is 0.668. The molecule has 0 aliphatic heterocycles. The minimum atomic E-state index is -0.161. The number of ether oxygens (including phenoxy) is 1. The van der Waals surface area contributed by atoms with E-state index in [2.05, 4.69) is 21.8 Å². The van der Waals surface area contributed by atoms with Crippen LogP contribution in [0.5, 0.6) is 11.6 Å². The summed E-state index contributed by atoms with van der Waals surface area (Å²) in [7, 11) is 1.56. The van der Waals surface area contributed by atoms with E-state index in [0.29, 0.717) is 27.9 Å². The Morgan fingerprint density at radius 1 is 1.37 bits per heavy atom. The predicted molar refractivity (Wildman–Crippen MR) is 74.4 cm³/mol. The zero-order valence-electron chi connectivity index (χ0n) is 10.4. The number of methoxy groups -OCH3 is 1. The average molecular weight is 275 g/mol. The van der Waals surface area contributed by atoms with Crippen molar-refractivity contribution < 1.29 is 9.84 Å². The molecule has 2 rings (SSSR count). The van der Waals surface area contributed by atoms with Crippen molar-refractivity contribution in [2.24, 2.45) is 0 Å². The van der Waals surface area contributed by atoms with E-state index in [1.54, 1.807) is 25.3 Å². The zero-order valence-corrected chi connectivity index (χ0v) is 11.2. The third-order valence-electron chi connectivity index (χ3n) is 2.34. The first-order chi connectivity index (χ1) is 9.26. The number of hydrogen-bond donors (Lipinski definition) is 1. The molecule has 0 aliphatic carbocycles. The van der Waals surface area contributed by atoms with Gasteiger partial charge in [-0.1, -0.05) is 30.0 Å². The lowest BCUT2D eigenvalue weighted by Gasteiger charge is -2.08. The van der Waals surface area contributed by atoms with Gasteiger partial charge >= 0.3 is 0 Å². The van der Waals surface area contributed by atoms with Crippen LogP contribution in [0.4, 0.5) is 0 Å². The Bertz CT molecular complexity index is 590. The Balaban J connectivity index is 2.37. The first-order valence-corrected chi connectivity index (χ1v) is 6.55. The normalized spacial score (nSPS) is 10.2. The van der Waals surface area contributed by atoms with Crippen molar-refractivity contribution in [2.75, 3.05) is 12.9 Å². The van der Waals surface area contributed by atoms with Gasteiger partial charge in [0.25, 0.3) is 0 Å². The maximum Gasteiger partial charge on any atom is 0.242 e. The standard InChI is InChI=1S/C13H13N3O2S/c1-3-8-19-13-14-12(17)11(15-16-13)9-6-4-5-7-10(9)18-2/h3-7H,1,8H2,2H3,(H,14,16,17). The molecule has 5 nitrogen and oxygen atoms in total. The number of hydrogen-bond acceptors (Lipinski definition) is 6. The fourth-order valence-electron chi connectivity index (χ4n) is 1.51. The summed E-state index contributed by atoms with van der Waals surface area (Å²) in [6.45, 7) is 3.61. The summed E-state index contributed by atoms with van der Waals surface area (Å²) in [5.74, 6) is 1.11. The summed E-state index contributed by atoms with van der Waals surface area (Å²) >= 11 is 1.35. The molecule has 0 unspecified atom stereocenters. The lowest BCUT2D eigenvalue weighted by Crippen LogP contribution is -1.97. The van der Waals surface area contributed by atoms with Gasteiger partial charge in [-0.3, -0.25) is 0 Å². The number of para-hydroxylation sites is 1. The van der Waals surface area contributed by atoms with Gasteiger partial charge in [0, 0.05) is 11.3 Å². The van der Waals surface area contributed by atoms with Crippen molar-refractivity contribution in [1.82, 2.24) is 15.2 Å². The van der Waals surface area contributed by atoms with E-state index in [9.17, 15) is 5.11 Å². The fourth-order valence-corrected chi connectivity index (χ4v) is 2.03. The molecule has 0 bridgehead atoms. The molecule has 1 aromatic heterocycles. The van der Waals surface area contributed by atoms with Crippen LogP contribution >= 0.6 is 11.8 Å². The lowest BCUT2D eigenvalue weighted by atomic mass is 10.1. The lowest BCUT2D eigenvalue weighted by molar-refractivity contribution is 0.413. The molecular weight excluding hydrogens is 262 g/mol. The molecular formula is C13H13N3O2S. The maximum absolute atomic E-state index is 9.96. The third-order valence-corrected chi connectivity index (χ3v) is 3.17. The number of aromatic nitrogens is 3. The van der Waals surface area contributed by atoms with E-state index in [1.165, 1.54) is 11.8 Å². The van der Waals surface area contributed by atoms with Crippen molar-refractivity contribution in [3.05, 3.63) is 36.9 Å². The van der Waals surface area contributed by atoms with Crippen LogP contribution in [-0.4, -0.2) is 33.2 Å². The van der Waals surface area contributed by atoms with Gasteiger partial charge in [0.15, 0.2) is 5.69 Å². The second-order valence-electron chi connectivity index (χ2n) is 3.57. The van der Waals surface area contributed by atoms with Gasteiger partial charge in [-0.2, -0.15) is 4.98 Å². The molecule has 1 aromatic carbocycles. The van der Waals surface area contributed by atoms with Crippen molar-refractivity contribution in [1.29, 1.82) is 0 Å². The predicted octanol–water partition coefficient (Wildman–Crippen LogP) is 2.53. The van der Waals surface area contributed by atoms with E-state index < -0.39 is 0 Å². The zero-order chi connectivity index (χ0) is 13.7. The van der Waals surface area contributed by atoms with Gasteiger partial charge in [-0.05, 0) is 12.1 Å². The molecule has 1 N–H and O–H groups in total. The smallest absolute Gasteiger partial charge is 0.242 e. The van der Waals surface area contributed by atoms with Gasteiger partial charge < -0.3 is 9.84 Å². The van der Waals surface area contributed by atoms with Crippen molar-refractivity contribution in [3.8, 4) is 22.9 Å². The molecule has 0 amide bonds. The molecule has 0 fully saturated rings. The molecule has 2 aromatic rings. The number of aromatic hydroxyl groups is 1. The van der Waals surface area contributed by atoms with Crippen LogP contribution in [0, 0.1) is 0 Å². The highest BCUT2D eigenvalue weighted by atomic mass is 32.2. The summed E-state index contributed by atoms with van der Waals surface area (Å²) in [4.78, 5) is 4.00. The molecule has 0 saturated heterocycles. The van der Waals surface area contributed by atoms with Crippen LogP contribution in [0.15, 0.2) is 42.1 Å². The summed E-state index contributed by atoms with van der Waals surface area (Å²) in [5.41, 5.74) is 0.961. The van der Waals surface area contributed by atoms with Crippen molar-refractivity contribution >= 4 is 11.8 Å². The maximum atomic E-state index is 9.96. The van der Waals surface area contributed by atoms with Gasteiger partial charge in [0.2, 0.25) is 11.0 Å². The minimum Gasteiger partial charge on any atom is -0.496 e. The van der Waals surface area contributed by atoms with E-state index in [1.807, 2.05) is 12.1 Å². The minimum absolute atomic E-state index is 0.161. The molecule has 6 heteroatoms. The Hall–Kier alpha value is -2.08. The Morgan fingerprint density at radius 2 is 2.16 bits per heavy atom. The highest BCUT2D eigenvalue weighted by Crippen LogP contribution is 2.32. The van der Waals surface area contributed by atoms with Crippen molar-refractivity contribution in [3.63, 3.8) is 0 Å². The number of thioether (sulfide) groups is 1. The topological polar surface area (TPSA) is 68.1 Å². The van der Waals surface area contributed by atoms with Gasteiger partial charge in [0.05, 0.1) is 7.11 Å². The summed E-state index contributed by atoms with van der Waals surface area (Å²) in [6.07, 6.45) is 1.74. The van der Waals surface area contributed by atoms with Crippen LogP contribution in [0.1, 0.15) is 0 Å². The highest BCUT2D eigenvalue weighted by molar-refractivity contribution is 7.99. The second kappa shape index (κ2) is 6.19. The van der Waals surface area contributed by atoms with Crippen LogP contribution in [0.3, 0.4) is 0 Å². The average Bonchev–Trinajstić information content (AvgIpc) is 2.45. The fraction of sp³-hybridized carbons (Fsp3) is 0.154. The van der Waals surface area contributed by atoms with E-state index in [-0.39, 0.29) is 5.88 Å². The monoisotopic (exact) mass is 275 g/mol. The first kappa shape index (κ1) is 13.4. The van der Waals surface area contributed by atoms with Crippen LogP contribution in [0.25, 0.3) is 11.3 Å². The van der Waals surface area contributed by atoms with Crippen LogP contribution in [0.2, 0.25) is 0 Å². The molecule has 0 saturated carbocycles. The molecule has 0 aliphatic rings. The largest absolute Gasteiger partial charge is 0.496 e. The molecule has 0 radical (unpaired) electrons. The number of rotatable bonds is 5.